The third kappa shape index (κ3) is 4.51. The van der Waals surface area contributed by atoms with Crippen molar-refractivity contribution in [1.29, 1.82) is 0 Å². The van der Waals surface area contributed by atoms with E-state index in [1.807, 2.05) is 0 Å². The molecule has 1 aliphatic carbocycles. The number of amides is 2. The Hall–Kier alpha value is -3.16. The standard InChI is InChI=1S/C19H15F6N5O2S/c1-7-4-10(18(20,21)22)27-17-13(7)14(15(33-17)16(26)32)28-12(31)6-30-9(8-2-3-8)5-11(29-30)19(23,24)25/h4-5,8H,2-3,6H2,1H3,(H2,26,32)(H,28,31). The van der Waals surface area contributed by atoms with Gasteiger partial charge in [0.25, 0.3) is 5.91 Å². The van der Waals surface area contributed by atoms with E-state index >= 15 is 0 Å². The highest BCUT2D eigenvalue weighted by atomic mass is 32.1. The van der Waals surface area contributed by atoms with Crippen molar-refractivity contribution in [3.8, 4) is 0 Å². The maximum Gasteiger partial charge on any atom is 0.435 e. The fourth-order valence-corrected chi connectivity index (χ4v) is 4.50. The number of nitrogens with zero attached hydrogens (tertiary/aromatic N) is 3. The van der Waals surface area contributed by atoms with Crippen molar-refractivity contribution in [3.05, 3.63) is 39.7 Å². The number of nitrogens with one attached hydrogen (secondary N) is 1. The number of fused-ring (bicyclic) bond motifs is 1. The van der Waals surface area contributed by atoms with Gasteiger partial charge in [0.15, 0.2) is 5.69 Å². The van der Waals surface area contributed by atoms with Crippen LogP contribution in [0.2, 0.25) is 0 Å². The first-order chi connectivity index (χ1) is 15.3. The molecule has 1 aliphatic rings. The summed E-state index contributed by atoms with van der Waals surface area (Å²) in [6.45, 7) is 0.755. The second kappa shape index (κ2) is 7.71. The van der Waals surface area contributed by atoms with Crippen LogP contribution in [0.1, 0.15) is 51.1 Å². The highest BCUT2D eigenvalue weighted by Crippen LogP contribution is 2.42. The summed E-state index contributed by atoms with van der Waals surface area (Å²) in [5.41, 5.74) is 3.24. The summed E-state index contributed by atoms with van der Waals surface area (Å²) >= 11 is 0.579. The number of carbonyl (C=O) groups is 2. The van der Waals surface area contributed by atoms with Crippen LogP contribution in [-0.2, 0) is 23.7 Å². The van der Waals surface area contributed by atoms with Gasteiger partial charge in [-0.3, -0.25) is 14.3 Å². The second-order valence-corrected chi connectivity index (χ2v) is 8.60. The molecule has 0 unspecified atom stereocenters. The maximum atomic E-state index is 13.1. The molecule has 14 heteroatoms. The molecule has 7 nitrogen and oxygen atoms in total. The molecule has 0 aliphatic heterocycles. The Kier molecular flexibility index (Phi) is 5.38. The van der Waals surface area contributed by atoms with E-state index < -0.39 is 42.1 Å². The zero-order valence-electron chi connectivity index (χ0n) is 16.8. The summed E-state index contributed by atoms with van der Waals surface area (Å²) in [5.74, 6) is -1.97. The third-order valence-electron chi connectivity index (χ3n) is 5.03. The number of aromatic nitrogens is 3. The molecule has 176 valence electrons. The molecule has 1 fully saturated rings. The average Bonchev–Trinajstić information content (AvgIpc) is 3.31. The van der Waals surface area contributed by atoms with Gasteiger partial charge in [0, 0.05) is 17.0 Å². The molecule has 0 bridgehead atoms. The minimum atomic E-state index is -4.73. The number of pyridine rings is 1. The molecular weight excluding hydrogens is 476 g/mol. The van der Waals surface area contributed by atoms with Gasteiger partial charge in [-0.1, -0.05) is 0 Å². The minimum absolute atomic E-state index is 0.0866. The number of anilines is 1. The van der Waals surface area contributed by atoms with Crippen LogP contribution in [0.5, 0.6) is 0 Å². The van der Waals surface area contributed by atoms with E-state index in [-0.39, 0.29) is 38.0 Å². The Balaban J connectivity index is 1.69. The van der Waals surface area contributed by atoms with E-state index in [1.54, 1.807) is 0 Å². The highest BCUT2D eigenvalue weighted by Gasteiger charge is 2.38. The van der Waals surface area contributed by atoms with E-state index in [0.717, 1.165) is 16.8 Å². The van der Waals surface area contributed by atoms with Gasteiger partial charge in [-0.15, -0.1) is 11.3 Å². The number of nitrogens with two attached hydrogens (primary N) is 1. The second-order valence-electron chi connectivity index (χ2n) is 7.61. The Morgan fingerprint density at radius 3 is 2.33 bits per heavy atom. The summed E-state index contributed by atoms with van der Waals surface area (Å²) in [5, 5.41) is 5.99. The Morgan fingerprint density at radius 1 is 1.15 bits per heavy atom. The molecule has 0 radical (unpaired) electrons. The summed E-state index contributed by atoms with van der Waals surface area (Å²) in [6.07, 6.45) is -8.09. The molecule has 3 aromatic heterocycles. The number of carbonyl (C=O) groups excluding carboxylic acids is 2. The first-order valence-corrected chi connectivity index (χ1v) is 10.3. The number of thiophene rings is 1. The van der Waals surface area contributed by atoms with E-state index in [1.165, 1.54) is 6.92 Å². The van der Waals surface area contributed by atoms with Gasteiger partial charge >= 0.3 is 12.4 Å². The van der Waals surface area contributed by atoms with E-state index in [9.17, 15) is 35.9 Å². The molecule has 1 saturated carbocycles. The molecule has 33 heavy (non-hydrogen) atoms. The van der Waals surface area contributed by atoms with Crippen LogP contribution in [0.4, 0.5) is 32.0 Å². The first-order valence-electron chi connectivity index (χ1n) is 9.51. The number of halogens is 6. The van der Waals surface area contributed by atoms with E-state index in [2.05, 4.69) is 15.4 Å². The van der Waals surface area contributed by atoms with Crippen molar-refractivity contribution in [3.63, 3.8) is 0 Å². The molecule has 0 aromatic carbocycles. The number of hydrogen-bond acceptors (Lipinski definition) is 5. The van der Waals surface area contributed by atoms with E-state index in [0.29, 0.717) is 24.2 Å². The van der Waals surface area contributed by atoms with Gasteiger partial charge in [0.1, 0.15) is 21.9 Å². The van der Waals surface area contributed by atoms with Crippen LogP contribution >= 0.6 is 11.3 Å². The van der Waals surface area contributed by atoms with Crippen LogP contribution in [0, 0.1) is 6.92 Å². The summed E-state index contributed by atoms with van der Waals surface area (Å²) in [6, 6.07) is 1.66. The highest BCUT2D eigenvalue weighted by molar-refractivity contribution is 7.21. The van der Waals surface area contributed by atoms with Crippen LogP contribution in [0.25, 0.3) is 10.2 Å². The number of primary amides is 1. The van der Waals surface area contributed by atoms with Gasteiger partial charge in [0.2, 0.25) is 5.91 Å². The molecule has 0 spiro atoms. The predicted molar refractivity (Wildman–Crippen MR) is 106 cm³/mol. The minimum Gasteiger partial charge on any atom is -0.365 e. The molecule has 3 heterocycles. The smallest absolute Gasteiger partial charge is 0.365 e. The predicted octanol–water partition coefficient (Wildman–Crippen LogP) is 4.45. The van der Waals surface area contributed by atoms with Gasteiger partial charge in [-0.05, 0) is 37.5 Å². The molecule has 3 N–H and O–H groups in total. The number of aryl methyl sites for hydroxylation is 1. The number of rotatable bonds is 5. The average molecular weight is 491 g/mol. The Labute approximate surface area is 185 Å². The van der Waals surface area contributed by atoms with Crippen LogP contribution in [-0.4, -0.2) is 26.6 Å². The lowest BCUT2D eigenvalue weighted by molar-refractivity contribution is -0.142. The molecule has 4 rings (SSSR count). The van der Waals surface area contributed by atoms with Gasteiger partial charge in [-0.25, -0.2) is 4.98 Å². The van der Waals surface area contributed by atoms with Crippen molar-refractivity contribution >= 4 is 39.1 Å². The quantitative estimate of drug-likeness (QED) is 0.515. The van der Waals surface area contributed by atoms with Crippen LogP contribution in [0.15, 0.2) is 12.1 Å². The van der Waals surface area contributed by atoms with Gasteiger partial charge < -0.3 is 11.1 Å². The summed E-state index contributed by atoms with van der Waals surface area (Å²) in [4.78, 5) is 27.7. The summed E-state index contributed by atoms with van der Waals surface area (Å²) in [7, 11) is 0. The zero-order chi connectivity index (χ0) is 24.3. The monoisotopic (exact) mass is 491 g/mol. The van der Waals surface area contributed by atoms with Crippen LogP contribution in [0.3, 0.4) is 0 Å². The topological polar surface area (TPSA) is 103 Å². The van der Waals surface area contributed by atoms with Gasteiger partial charge in [0.05, 0.1) is 5.69 Å². The summed E-state index contributed by atoms with van der Waals surface area (Å²) < 4.78 is 79.5. The zero-order valence-corrected chi connectivity index (χ0v) is 17.6. The first kappa shape index (κ1) is 23.0. The lowest BCUT2D eigenvalue weighted by atomic mass is 10.1. The molecule has 0 atom stereocenters. The van der Waals surface area contributed by atoms with Crippen molar-refractivity contribution < 1.29 is 35.9 Å². The van der Waals surface area contributed by atoms with E-state index in [4.69, 9.17) is 5.73 Å². The fraction of sp³-hybridized carbons (Fsp3) is 0.368. The largest absolute Gasteiger partial charge is 0.435 e. The molecule has 2 amide bonds. The van der Waals surface area contributed by atoms with Crippen molar-refractivity contribution in [2.24, 2.45) is 5.73 Å². The Morgan fingerprint density at radius 2 is 1.79 bits per heavy atom. The molecule has 0 saturated heterocycles. The molecular formula is C19H15F6N5O2S. The SMILES string of the molecule is Cc1cc(C(F)(F)F)nc2sc(C(N)=O)c(NC(=O)Cn3nc(C(F)(F)F)cc3C3CC3)c12. The number of hydrogen-bond donors (Lipinski definition) is 2. The van der Waals surface area contributed by atoms with Crippen molar-refractivity contribution in [2.75, 3.05) is 5.32 Å². The Bertz CT molecular complexity index is 1270. The van der Waals surface area contributed by atoms with Crippen molar-refractivity contribution in [1.82, 2.24) is 14.8 Å². The number of alkyl halides is 6. The van der Waals surface area contributed by atoms with Crippen LogP contribution < -0.4 is 11.1 Å². The van der Waals surface area contributed by atoms with Gasteiger partial charge in [-0.2, -0.15) is 31.4 Å². The third-order valence-corrected chi connectivity index (χ3v) is 6.13. The van der Waals surface area contributed by atoms with Crippen molar-refractivity contribution in [2.45, 2.75) is 44.6 Å². The lowest BCUT2D eigenvalue weighted by Gasteiger charge is -2.11. The fourth-order valence-electron chi connectivity index (χ4n) is 3.44. The lowest BCUT2D eigenvalue weighted by Crippen LogP contribution is -2.23. The normalized spacial score (nSPS) is 14.6. The molecule has 3 aromatic rings. The maximum absolute atomic E-state index is 13.1.